The highest BCUT2D eigenvalue weighted by molar-refractivity contribution is 6.02. The highest BCUT2D eigenvalue weighted by Gasteiger charge is 2.44. The summed E-state index contributed by atoms with van der Waals surface area (Å²) in [7, 11) is 0. The van der Waals surface area contributed by atoms with Gasteiger partial charge in [0.2, 0.25) is 0 Å². The monoisotopic (exact) mass is 219 g/mol. The number of carbonyl (C=O) groups excluding carboxylic acids is 1. The van der Waals surface area contributed by atoms with E-state index in [1.165, 1.54) is 5.01 Å². The number of carbonyl (C=O) groups is 1. The maximum absolute atomic E-state index is 12.2. The second-order valence-electron chi connectivity index (χ2n) is 4.22. The lowest BCUT2D eigenvalue weighted by Crippen LogP contribution is -2.44. The highest BCUT2D eigenvalue weighted by atomic mass is 16.2. The van der Waals surface area contributed by atoms with E-state index in [9.17, 15) is 4.79 Å². The second kappa shape index (κ2) is 4.67. The molecule has 1 fully saturated rings. The minimum absolute atomic E-state index is 0.124. The van der Waals surface area contributed by atoms with Crippen LogP contribution in [-0.4, -0.2) is 36.8 Å². The van der Waals surface area contributed by atoms with Crippen molar-refractivity contribution < 1.29 is 4.79 Å². The molecule has 0 unspecified atom stereocenters. The predicted molar refractivity (Wildman–Crippen MR) is 62.8 cm³/mol. The van der Waals surface area contributed by atoms with Gasteiger partial charge in [0.15, 0.2) is 0 Å². The van der Waals surface area contributed by atoms with Crippen LogP contribution in [0.15, 0.2) is 5.10 Å². The Morgan fingerprint density at radius 2 is 2.25 bits per heavy atom. The molecule has 0 aromatic rings. The van der Waals surface area contributed by atoms with Crippen molar-refractivity contribution in [2.75, 3.05) is 19.6 Å². The van der Waals surface area contributed by atoms with Gasteiger partial charge in [0, 0.05) is 12.6 Å². The van der Waals surface area contributed by atoms with Gasteiger partial charge in [0.1, 0.15) is 6.54 Å². The molecule has 4 heteroatoms. The van der Waals surface area contributed by atoms with Crippen molar-refractivity contribution >= 4 is 12.1 Å². The van der Waals surface area contributed by atoms with Crippen molar-refractivity contribution in [1.29, 1.82) is 0 Å². The Labute approximate surface area is 96.1 Å². The van der Waals surface area contributed by atoms with E-state index in [1.807, 2.05) is 13.1 Å². The summed E-state index contributed by atoms with van der Waals surface area (Å²) in [5.74, 6) is 6.04. The minimum Gasteiger partial charge on any atom is -0.317 e. The summed E-state index contributed by atoms with van der Waals surface area (Å²) in [6, 6.07) is 0. The summed E-state index contributed by atoms with van der Waals surface area (Å²) in [5, 5.41) is 8.97. The first-order chi connectivity index (χ1) is 7.78. The van der Waals surface area contributed by atoms with Crippen LogP contribution in [0.25, 0.3) is 0 Å². The van der Waals surface area contributed by atoms with E-state index in [0.717, 1.165) is 32.4 Å². The van der Waals surface area contributed by atoms with Crippen molar-refractivity contribution in [3.05, 3.63) is 0 Å². The van der Waals surface area contributed by atoms with Crippen LogP contribution in [0.5, 0.6) is 0 Å². The first-order valence-electron chi connectivity index (χ1n) is 5.82. The fourth-order valence-corrected chi connectivity index (χ4v) is 2.13. The van der Waals surface area contributed by atoms with Gasteiger partial charge in [0.25, 0.3) is 5.91 Å². The second-order valence-corrected chi connectivity index (χ2v) is 4.22. The van der Waals surface area contributed by atoms with E-state index in [4.69, 9.17) is 0 Å². The average Bonchev–Trinajstić information content (AvgIpc) is 2.60. The molecule has 1 amide bonds. The lowest BCUT2D eigenvalue weighted by Gasteiger charge is -2.29. The molecule has 4 nitrogen and oxygen atoms in total. The molecule has 1 spiro atoms. The van der Waals surface area contributed by atoms with Crippen molar-refractivity contribution in [3.8, 4) is 11.8 Å². The Morgan fingerprint density at radius 3 is 2.94 bits per heavy atom. The fraction of sp³-hybridized carbons (Fsp3) is 0.667. The molecule has 2 aliphatic rings. The summed E-state index contributed by atoms with van der Waals surface area (Å²) in [5.41, 5.74) is -0.334. The molecule has 1 N–H and O–H groups in total. The summed E-state index contributed by atoms with van der Waals surface area (Å²) in [6.07, 6.45) is 4.35. The van der Waals surface area contributed by atoms with Gasteiger partial charge in [-0.05, 0) is 25.9 Å². The van der Waals surface area contributed by atoms with E-state index in [1.54, 1.807) is 0 Å². The lowest BCUT2D eigenvalue weighted by atomic mass is 9.80. The largest absolute Gasteiger partial charge is 0.317 e. The Kier molecular flexibility index (Phi) is 3.25. The summed E-state index contributed by atoms with van der Waals surface area (Å²) in [4.78, 5) is 12.2. The molecule has 86 valence electrons. The quantitative estimate of drug-likeness (QED) is 0.656. The van der Waals surface area contributed by atoms with E-state index in [0.29, 0.717) is 6.54 Å². The molecule has 16 heavy (non-hydrogen) atoms. The Balaban J connectivity index is 2.01. The van der Waals surface area contributed by atoms with E-state index in [-0.39, 0.29) is 11.3 Å². The van der Waals surface area contributed by atoms with Crippen LogP contribution in [0, 0.1) is 17.3 Å². The van der Waals surface area contributed by atoms with Crippen LogP contribution in [-0.2, 0) is 4.79 Å². The van der Waals surface area contributed by atoms with Crippen LogP contribution in [0.2, 0.25) is 0 Å². The zero-order chi connectivity index (χ0) is 11.4. The van der Waals surface area contributed by atoms with Gasteiger partial charge in [0.05, 0.1) is 5.41 Å². The van der Waals surface area contributed by atoms with Crippen LogP contribution >= 0.6 is 0 Å². The molecule has 2 aliphatic heterocycles. The molecule has 0 radical (unpaired) electrons. The SMILES string of the molecule is CCC#CCN1N=CC2(CCNCC2)C1=O. The first-order valence-corrected chi connectivity index (χ1v) is 5.82. The average molecular weight is 219 g/mol. The van der Waals surface area contributed by atoms with Crippen LogP contribution in [0.3, 0.4) is 0 Å². The molecular weight excluding hydrogens is 202 g/mol. The topological polar surface area (TPSA) is 44.7 Å². The van der Waals surface area contributed by atoms with Crippen molar-refractivity contribution in [1.82, 2.24) is 10.3 Å². The Hall–Kier alpha value is -1.34. The zero-order valence-corrected chi connectivity index (χ0v) is 9.62. The lowest BCUT2D eigenvalue weighted by molar-refractivity contribution is -0.136. The van der Waals surface area contributed by atoms with Gasteiger partial charge in [-0.25, -0.2) is 5.01 Å². The van der Waals surface area contributed by atoms with E-state index in [2.05, 4.69) is 22.3 Å². The van der Waals surface area contributed by atoms with Gasteiger partial charge < -0.3 is 5.32 Å². The van der Waals surface area contributed by atoms with Gasteiger partial charge in [-0.2, -0.15) is 5.10 Å². The number of rotatable bonds is 1. The third-order valence-electron chi connectivity index (χ3n) is 3.13. The van der Waals surface area contributed by atoms with Crippen molar-refractivity contribution in [2.45, 2.75) is 26.2 Å². The van der Waals surface area contributed by atoms with Gasteiger partial charge in [-0.3, -0.25) is 4.79 Å². The number of piperidine rings is 1. The number of hydrazone groups is 1. The highest BCUT2D eigenvalue weighted by Crippen LogP contribution is 2.33. The summed E-state index contributed by atoms with van der Waals surface area (Å²) >= 11 is 0. The summed E-state index contributed by atoms with van der Waals surface area (Å²) < 4.78 is 0. The smallest absolute Gasteiger partial charge is 0.255 e. The molecule has 0 aliphatic carbocycles. The zero-order valence-electron chi connectivity index (χ0n) is 9.62. The third-order valence-corrected chi connectivity index (χ3v) is 3.13. The normalized spacial score (nSPS) is 22.3. The van der Waals surface area contributed by atoms with Crippen molar-refractivity contribution in [3.63, 3.8) is 0 Å². The minimum atomic E-state index is -0.334. The third kappa shape index (κ3) is 1.96. The first kappa shape index (κ1) is 11.2. The van der Waals surface area contributed by atoms with Gasteiger partial charge in [-0.15, -0.1) is 5.92 Å². The molecule has 0 aromatic heterocycles. The van der Waals surface area contributed by atoms with E-state index >= 15 is 0 Å². The van der Waals surface area contributed by atoms with Gasteiger partial charge >= 0.3 is 0 Å². The number of hydrogen-bond acceptors (Lipinski definition) is 3. The van der Waals surface area contributed by atoms with Crippen LogP contribution in [0.1, 0.15) is 26.2 Å². The van der Waals surface area contributed by atoms with Crippen molar-refractivity contribution in [2.24, 2.45) is 10.5 Å². The molecule has 0 bridgehead atoms. The van der Waals surface area contributed by atoms with Crippen LogP contribution in [0.4, 0.5) is 0 Å². The fourth-order valence-electron chi connectivity index (χ4n) is 2.13. The molecule has 2 rings (SSSR count). The molecular formula is C12H17N3O. The Morgan fingerprint density at radius 1 is 1.50 bits per heavy atom. The Bertz CT molecular complexity index is 358. The molecule has 0 atom stereocenters. The maximum Gasteiger partial charge on any atom is 0.255 e. The molecule has 0 aromatic carbocycles. The standard InChI is InChI=1S/C12H17N3O/c1-2-3-4-9-15-11(16)12(10-14-15)5-7-13-8-6-12/h10,13H,2,5-9H2,1H3. The number of amides is 1. The maximum atomic E-state index is 12.2. The number of nitrogens with zero attached hydrogens (tertiary/aromatic N) is 2. The number of hydrogen-bond donors (Lipinski definition) is 1. The summed E-state index contributed by atoms with van der Waals surface area (Å²) in [6.45, 7) is 4.22. The van der Waals surface area contributed by atoms with Crippen LogP contribution < -0.4 is 5.32 Å². The molecule has 0 saturated carbocycles. The molecule has 2 heterocycles. The predicted octanol–water partition coefficient (Wildman–Crippen LogP) is 0.598. The number of nitrogens with one attached hydrogen (secondary N) is 1. The van der Waals surface area contributed by atoms with E-state index < -0.39 is 0 Å². The van der Waals surface area contributed by atoms with Gasteiger partial charge in [-0.1, -0.05) is 12.8 Å². The molecule has 1 saturated heterocycles.